The van der Waals surface area contributed by atoms with E-state index in [1.807, 2.05) is 25.1 Å². The fourth-order valence-corrected chi connectivity index (χ4v) is 4.19. The van der Waals surface area contributed by atoms with Gasteiger partial charge in [-0.3, -0.25) is 0 Å². The van der Waals surface area contributed by atoms with Crippen LogP contribution in [0.4, 0.5) is 9.18 Å². The lowest BCUT2D eigenvalue weighted by Gasteiger charge is -2.54. The van der Waals surface area contributed by atoms with Crippen LogP contribution in [-0.2, 0) is 17.8 Å². The molecule has 0 bridgehead atoms. The zero-order valence-corrected chi connectivity index (χ0v) is 15.4. The van der Waals surface area contributed by atoms with Crippen LogP contribution in [0.1, 0.15) is 31.4 Å². The van der Waals surface area contributed by atoms with Gasteiger partial charge in [0.25, 0.3) is 0 Å². The van der Waals surface area contributed by atoms with E-state index >= 15 is 0 Å². The van der Waals surface area contributed by atoms with Crippen molar-refractivity contribution in [2.45, 2.75) is 45.5 Å². The maximum Gasteiger partial charge on any atom is 0.315 e. The van der Waals surface area contributed by atoms with Crippen molar-refractivity contribution >= 4 is 6.03 Å². The van der Waals surface area contributed by atoms with Gasteiger partial charge in [0.15, 0.2) is 0 Å². The summed E-state index contributed by atoms with van der Waals surface area (Å²) in [6.45, 7) is 5.97. The first-order valence-corrected chi connectivity index (χ1v) is 8.87. The van der Waals surface area contributed by atoms with Crippen LogP contribution in [0.2, 0.25) is 0 Å². The Kier molecular flexibility index (Phi) is 5.02. The minimum absolute atomic E-state index is 0.0345. The number of hydrogen-bond acceptors (Lipinski definition) is 3. The molecule has 1 saturated heterocycles. The Balaban J connectivity index is 1.54. The fraction of sp³-hybridized carbons (Fsp3) is 0.632. The van der Waals surface area contributed by atoms with Gasteiger partial charge in [0, 0.05) is 42.6 Å². The number of fused-ring (bicyclic) bond motifs is 1. The Morgan fingerprint density at radius 1 is 1.40 bits per heavy atom. The highest BCUT2D eigenvalue weighted by atomic mass is 19.1. The van der Waals surface area contributed by atoms with Crippen molar-refractivity contribution in [1.29, 1.82) is 0 Å². The number of rotatable bonds is 5. The first-order chi connectivity index (χ1) is 11.8. The van der Waals surface area contributed by atoms with E-state index in [1.54, 1.807) is 6.07 Å². The predicted octanol–water partition coefficient (Wildman–Crippen LogP) is 2.50. The molecule has 2 N–H and O–H groups in total. The smallest absolute Gasteiger partial charge is 0.315 e. The van der Waals surface area contributed by atoms with Crippen molar-refractivity contribution < 1.29 is 13.9 Å². The van der Waals surface area contributed by atoms with E-state index in [4.69, 9.17) is 4.74 Å². The van der Waals surface area contributed by atoms with E-state index < -0.39 is 0 Å². The number of carbonyl (C=O) groups is 1. The van der Waals surface area contributed by atoms with Gasteiger partial charge < -0.3 is 20.3 Å². The summed E-state index contributed by atoms with van der Waals surface area (Å²) in [5.74, 6) is 0.198. The molecule has 0 radical (unpaired) electrons. The Hall–Kier alpha value is -1.66. The third-order valence-electron chi connectivity index (χ3n) is 5.44. The van der Waals surface area contributed by atoms with Gasteiger partial charge in [0.2, 0.25) is 0 Å². The minimum atomic E-state index is -0.217. The van der Waals surface area contributed by atoms with Gasteiger partial charge in [-0.2, -0.15) is 0 Å². The summed E-state index contributed by atoms with van der Waals surface area (Å²) in [6.07, 6.45) is 1.26. The molecule has 1 heterocycles. The average molecular weight is 349 g/mol. The number of benzene rings is 1. The Morgan fingerprint density at radius 2 is 2.16 bits per heavy atom. The largest absolute Gasteiger partial charge is 0.377 e. The molecule has 6 heteroatoms. The molecule has 1 aliphatic heterocycles. The van der Waals surface area contributed by atoms with E-state index in [2.05, 4.69) is 24.5 Å². The second kappa shape index (κ2) is 6.92. The number of carbonyl (C=O) groups excluding carboxylic acids is 1. The molecule has 2 amide bonds. The molecule has 1 aliphatic carbocycles. The number of ether oxygens (including phenoxy) is 1. The first kappa shape index (κ1) is 18.1. The van der Waals surface area contributed by atoms with Crippen molar-refractivity contribution in [3.63, 3.8) is 0 Å². The molecule has 1 aromatic carbocycles. The van der Waals surface area contributed by atoms with E-state index in [-0.39, 0.29) is 29.4 Å². The zero-order valence-electron chi connectivity index (χ0n) is 15.4. The molecule has 0 aromatic heterocycles. The van der Waals surface area contributed by atoms with Gasteiger partial charge in [0.05, 0.1) is 6.10 Å². The van der Waals surface area contributed by atoms with Crippen LogP contribution in [0.25, 0.3) is 0 Å². The third kappa shape index (κ3) is 3.65. The zero-order chi connectivity index (χ0) is 18.2. The monoisotopic (exact) mass is 349 g/mol. The molecule has 2 aliphatic rings. The van der Waals surface area contributed by atoms with E-state index in [0.29, 0.717) is 24.6 Å². The number of hydrogen-bond donors (Lipinski definition) is 2. The highest BCUT2D eigenvalue weighted by molar-refractivity contribution is 5.74. The van der Waals surface area contributed by atoms with E-state index in [1.165, 1.54) is 6.07 Å². The van der Waals surface area contributed by atoms with Crippen LogP contribution in [0.5, 0.6) is 0 Å². The summed E-state index contributed by atoms with van der Waals surface area (Å²) in [6, 6.07) is 4.94. The molecular weight excluding hydrogens is 321 g/mol. The van der Waals surface area contributed by atoms with Gasteiger partial charge in [0.1, 0.15) is 5.82 Å². The van der Waals surface area contributed by atoms with Crippen molar-refractivity contribution in [3.8, 4) is 0 Å². The van der Waals surface area contributed by atoms with Crippen LogP contribution in [0, 0.1) is 17.2 Å². The molecule has 1 saturated carbocycles. The second-order valence-corrected chi connectivity index (χ2v) is 8.03. The summed E-state index contributed by atoms with van der Waals surface area (Å²) in [5, 5.41) is 5.98. The Morgan fingerprint density at radius 3 is 2.88 bits per heavy atom. The quantitative estimate of drug-likeness (QED) is 0.859. The predicted molar refractivity (Wildman–Crippen MR) is 94.6 cm³/mol. The van der Waals surface area contributed by atoms with Crippen molar-refractivity contribution in [3.05, 3.63) is 35.1 Å². The number of nitrogens with one attached hydrogen (secondary N) is 2. The molecule has 138 valence electrons. The molecule has 2 fully saturated rings. The molecule has 3 rings (SSSR count). The van der Waals surface area contributed by atoms with Gasteiger partial charge >= 0.3 is 6.03 Å². The molecule has 5 nitrogen and oxygen atoms in total. The van der Waals surface area contributed by atoms with E-state index in [0.717, 1.165) is 18.6 Å². The summed E-state index contributed by atoms with van der Waals surface area (Å²) in [4.78, 5) is 14.2. The third-order valence-corrected chi connectivity index (χ3v) is 5.44. The summed E-state index contributed by atoms with van der Waals surface area (Å²) in [7, 11) is 3.80. The number of amides is 2. The molecule has 0 unspecified atom stereocenters. The standard InChI is InChI=1S/C19H28FN3O2/c1-19(2)16(14-7-8-25-17(14)19)22-18(24)21-10-12-5-6-15(20)13(9-12)11-23(3)4/h5-6,9,14,16-17H,7-8,10-11H2,1-4H3,(H2,21,22,24)/t14-,16+,17+/m0/s1. The first-order valence-electron chi connectivity index (χ1n) is 8.87. The summed E-state index contributed by atoms with van der Waals surface area (Å²) in [5.41, 5.74) is 1.49. The minimum Gasteiger partial charge on any atom is -0.377 e. The lowest BCUT2D eigenvalue weighted by Crippen LogP contribution is -2.67. The highest BCUT2D eigenvalue weighted by Gasteiger charge is 2.59. The maximum atomic E-state index is 13.8. The molecule has 1 aromatic rings. The van der Waals surface area contributed by atoms with Crippen LogP contribution < -0.4 is 10.6 Å². The van der Waals surface area contributed by atoms with E-state index in [9.17, 15) is 9.18 Å². The number of halogens is 1. The van der Waals surface area contributed by atoms with Crippen LogP contribution in [-0.4, -0.2) is 43.8 Å². The lowest BCUT2D eigenvalue weighted by atomic mass is 9.57. The summed E-state index contributed by atoms with van der Waals surface area (Å²) < 4.78 is 19.6. The Bertz CT molecular complexity index is 648. The van der Waals surface area contributed by atoms with Gasteiger partial charge in [-0.25, -0.2) is 9.18 Å². The fourth-order valence-electron chi connectivity index (χ4n) is 4.19. The van der Waals surface area contributed by atoms with Crippen molar-refractivity contribution in [1.82, 2.24) is 15.5 Å². The van der Waals surface area contributed by atoms with Crippen LogP contribution >= 0.6 is 0 Å². The molecular formula is C19H28FN3O2. The lowest BCUT2D eigenvalue weighted by molar-refractivity contribution is -0.108. The van der Waals surface area contributed by atoms with Gasteiger partial charge in [-0.05, 0) is 38.2 Å². The molecule has 25 heavy (non-hydrogen) atoms. The number of urea groups is 1. The normalized spacial score (nSPS) is 26.9. The highest BCUT2D eigenvalue weighted by Crippen LogP contribution is 2.52. The Labute approximate surface area is 148 Å². The van der Waals surface area contributed by atoms with Crippen molar-refractivity contribution in [2.75, 3.05) is 20.7 Å². The second-order valence-electron chi connectivity index (χ2n) is 8.03. The van der Waals surface area contributed by atoms with Crippen molar-refractivity contribution in [2.24, 2.45) is 11.3 Å². The average Bonchev–Trinajstić information content (AvgIpc) is 3.00. The molecule has 0 spiro atoms. The van der Waals surface area contributed by atoms with Gasteiger partial charge in [-0.15, -0.1) is 0 Å². The van der Waals surface area contributed by atoms with Crippen LogP contribution in [0.3, 0.4) is 0 Å². The molecule has 3 atom stereocenters. The van der Waals surface area contributed by atoms with Gasteiger partial charge in [-0.1, -0.05) is 19.9 Å². The van der Waals surface area contributed by atoms with Crippen LogP contribution in [0.15, 0.2) is 18.2 Å². The SMILES string of the molecule is CN(C)Cc1cc(CNC(=O)N[C@@H]2[C@@H]3CCO[C@H]3C2(C)C)ccc1F. The summed E-state index contributed by atoms with van der Waals surface area (Å²) >= 11 is 0. The maximum absolute atomic E-state index is 13.8. The topological polar surface area (TPSA) is 53.6 Å². The number of nitrogens with zero attached hydrogens (tertiary/aromatic N) is 1.